The molecule has 1 atom stereocenters. The summed E-state index contributed by atoms with van der Waals surface area (Å²) in [6.07, 6.45) is 6.08. The fourth-order valence-corrected chi connectivity index (χ4v) is 3.06. The van der Waals surface area contributed by atoms with Crippen molar-refractivity contribution in [3.63, 3.8) is 0 Å². The van der Waals surface area contributed by atoms with Crippen LogP contribution in [-0.4, -0.2) is 59.0 Å². The second-order valence-corrected chi connectivity index (χ2v) is 5.93. The molecule has 122 valence electrons. The largest absolute Gasteiger partial charge is 0.481 e. The lowest BCUT2D eigenvalue weighted by molar-refractivity contribution is -0.137. The molecule has 0 saturated carbocycles. The van der Waals surface area contributed by atoms with E-state index in [-0.39, 0.29) is 18.4 Å². The molecule has 21 heavy (non-hydrogen) atoms. The maximum Gasteiger partial charge on any atom is 0.303 e. The van der Waals surface area contributed by atoms with Gasteiger partial charge in [-0.3, -0.25) is 14.5 Å². The van der Waals surface area contributed by atoms with Crippen LogP contribution in [0.4, 0.5) is 0 Å². The first-order chi connectivity index (χ1) is 10.1. The third kappa shape index (κ3) is 6.46. The Kier molecular flexibility index (Phi) is 8.35. The van der Waals surface area contributed by atoms with Gasteiger partial charge in [0.1, 0.15) is 0 Å². The van der Waals surface area contributed by atoms with Crippen molar-refractivity contribution in [3.8, 4) is 0 Å². The molecule has 1 saturated heterocycles. The number of rotatable bonds is 9. The third-order valence-electron chi connectivity index (χ3n) is 4.12. The molecule has 1 heterocycles. The molecule has 5 nitrogen and oxygen atoms in total. The van der Waals surface area contributed by atoms with Crippen LogP contribution in [0.1, 0.15) is 58.8 Å². The van der Waals surface area contributed by atoms with E-state index in [1.54, 1.807) is 0 Å². The molecule has 1 fully saturated rings. The maximum absolute atomic E-state index is 12.4. The summed E-state index contributed by atoms with van der Waals surface area (Å²) in [5.41, 5.74) is 0. The van der Waals surface area contributed by atoms with Gasteiger partial charge in [-0.25, -0.2) is 0 Å². The number of piperidine rings is 1. The Bertz CT molecular complexity index is 327. The minimum atomic E-state index is -0.745. The number of carbonyl (C=O) groups excluding carboxylic acids is 1. The molecular weight excluding hydrogens is 268 g/mol. The van der Waals surface area contributed by atoms with Gasteiger partial charge in [0.15, 0.2) is 0 Å². The van der Waals surface area contributed by atoms with E-state index in [1.807, 2.05) is 4.90 Å². The molecule has 5 heteroatoms. The first-order valence-corrected chi connectivity index (χ1v) is 8.32. The summed E-state index contributed by atoms with van der Waals surface area (Å²) >= 11 is 0. The summed E-state index contributed by atoms with van der Waals surface area (Å²) in [5, 5.41) is 8.85. The predicted molar refractivity (Wildman–Crippen MR) is 83.2 cm³/mol. The first-order valence-electron chi connectivity index (χ1n) is 8.32. The Balaban J connectivity index is 2.54. The molecule has 0 aromatic carbocycles. The van der Waals surface area contributed by atoms with E-state index in [1.165, 1.54) is 0 Å². The zero-order valence-corrected chi connectivity index (χ0v) is 13.5. The normalized spacial score (nSPS) is 19.4. The highest BCUT2D eigenvalue weighted by Crippen LogP contribution is 2.21. The van der Waals surface area contributed by atoms with Crippen LogP contribution < -0.4 is 0 Å². The van der Waals surface area contributed by atoms with Gasteiger partial charge >= 0.3 is 5.97 Å². The molecule has 0 aromatic rings. The Morgan fingerprint density at radius 1 is 1.19 bits per heavy atom. The second-order valence-electron chi connectivity index (χ2n) is 5.93. The summed E-state index contributed by atoms with van der Waals surface area (Å²) in [6.45, 7) is 7.19. The molecule has 1 amide bonds. The monoisotopic (exact) mass is 298 g/mol. The Morgan fingerprint density at radius 2 is 1.86 bits per heavy atom. The molecule has 0 spiro atoms. The van der Waals surface area contributed by atoms with E-state index in [0.29, 0.717) is 13.0 Å². The van der Waals surface area contributed by atoms with Crippen molar-refractivity contribution in [3.05, 3.63) is 0 Å². The van der Waals surface area contributed by atoms with Crippen molar-refractivity contribution in [2.24, 2.45) is 0 Å². The van der Waals surface area contributed by atoms with Gasteiger partial charge in [0.2, 0.25) is 5.91 Å². The Labute approximate surface area is 128 Å². The van der Waals surface area contributed by atoms with Crippen molar-refractivity contribution in [1.82, 2.24) is 9.80 Å². The molecule has 1 aliphatic rings. The van der Waals surface area contributed by atoms with Crippen molar-refractivity contribution in [2.75, 3.05) is 26.2 Å². The van der Waals surface area contributed by atoms with E-state index < -0.39 is 5.97 Å². The Morgan fingerprint density at radius 3 is 2.43 bits per heavy atom. The van der Waals surface area contributed by atoms with Gasteiger partial charge in [0.25, 0.3) is 0 Å². The number of likely N-dealkylation sites (tertiary alicyclic amines) is 1. The van der Waals surface area contributed by atoms with Crippen molar-refractivity contribution in [2.45, 2.75) is 64.8 Å². The zero-order chi connectivity index (χ0) is 15.7. The highest BCUT2D eigenvalue weighted by Gasteiger charge is 2.26. The van der Waals surface area contributed by atoms with Crippen LogP contribution in [0.25, 0.3) is 0 Å². The molecule has 0 bridgehead atoms. The minimum Gasteiger partial charge on any atom is -0.481 e. The fourth-order valence-electron chi connectivity index (χ4n) is 3.06. The summed E-state index contributed by atoms with van der Waals surface area (Å²) in [4.78, 5) is 27.3. The molecule has 1 rings (SSSR count). The predicted octanol–water partition coefficient (Wildman–Crippen LogP) is 2.35. The van der Waals surface area contributed by atoms with Gasteiger partial charge in [-0.1, -0.05) is 20.3 Å². The van der Waals surface area contributed by atoms with E-state index in [0.717, 1.165) is 51.7 Å². The van der Waals surface area contributed by atoms with E-state index in [2.05, 4.69) is 18.7 Å². The third-order valence-corrected chi connectivity index (χ3v) is 4.12. The average molecular weight is 298 g/mol. The topological polar surface area (TPSA) is 60.9 Å². The van der Waals surface area contributed by atoms with Crippen LogP contribution in [0.2, 0.25) is 0 Å². The van der Waals surface area contributed by atoms with Crippen LogP contribution in [-0.2, 0) is 9.59 Å². The number of hydrogen-bond acceptors (Lipinski definition) is 3. The molecule has 0 aliphatic carbocycles. The van der Waals surface area contributed by atoms with Crippen LogP contribution in [0.15, 0.2) is 0 Å². The smallest absolute Gasteiger partial charge is 0.303 e. The average Bonchev–Trinajstić information content (AvgIpc) is 2.46. The van der Waals surface area contributed by atoms with Crippen molar-refractivity contribution in [1.29, 1.82) is 0 Å². The Hall–Kier alpha value is -1.10. The summed E-state index contributed by atoms with van der Waals surface area (Å²) in [6, 6.07) is 0.254. The molecule has 1 aliphatic heterocycles. The lowest BCUT2D eigenvalue weighted by Gasteiger charge is -2.36. The summed E-state index contributed by atoms with van der Waals surface area (Å²) in [7, 11) is 0. The zero-order valence-electron chi connectivity index (χ0n) is 13.5. The highest BCUT2D eigenvalue weighted by molar-refractivity contribution is 5.78. The first kappa shape index (κ1) is 18.0. The molecular formula is C16H30N2O3. The van der Waals surface area contributed by atoms with Crippen LogP contribution in [0.5, 0.6) is 0 Å². The molecule has 1 N–H and O–H groups in total. The number of carbonyl (C=O) groups is 2. The van der Waals surface area contributed by atoms with E-state index in [9.17, 15) is 9.59 Å². The van der Waals surface area contributed by atoms with E-state index in [4.69, 9.17) is 5.11 Å². The number of carboxylic acids is 1. The number of nitrogens with zero attached hydrogens (tertiary/aromatic N) is 2. The number of hydrogen-bond donors (Lipinski definition) is 1. The molecule has 0 radical (unpaired) electrons. The van der Waals surface area contributed by atoms with Gasteiger partial charge in [0.05, 0.1) is 6.54 Å². The SMILES string of the molecule is CCCN(CCC)C(=O)CN1CCCCC1CCC(=O)O. The molecule has 0 aromatic heterocycles. The van der Waals surface area contributed by atoms with Gasteiger partial charge in [-0.15, -0.1) is 0 Å². The standard InChI is InChI=1S/C16H30N2O3/c1-3-10-17(11-4-2)15(19)13-18-12-6-5-7-14(18)8-9-16(20)21/h14H,3-13H2,1-2H3,(H,20,21). The summed E-state index contributed by atoms with van der Waals surface area (Å²) in [5.74, 6) is -0.550. The number of carboxylic acid groups (broad SMARTS) is 1. The van der Waals surface area contributed by atoms with E-state index >= 15 is 0 Å². The minimum absolute atomic E-state index is 0.195. The van der Waals surface area contributed by atoms with Gasteiger partial charge in [-0.2, -0.15) is 0 Å². The van der Waals surface area contributed by atoms with Crippen molar-refractivity contribution >= 4 is 11.9 Å². The number of amides is 1. The van der Waals surface area contributed by atoms with Crippen LogP contribution in [0, 0.1) is 0 Å². The highest BCUT2D eigenvalue weighted by atomic mass is 16.4. The molecule has 1 unspecified atom stereocenters. The quantitative estimate of drug-likeness (QED) is 0.710. The van der Waals surface area contributed by atoms with Gasteiger partial charge in [0, 0.05) is 25.6 Å². The van der Waals surface area contributed by atoms with Crippen LogP contribution >= 0.6 is 0 Å². The lowest BCUT2D eigenvalue weighted by atomic mass is 9.98. The summed E-state index contributed by atoms with van der Waals surface area (Å²) < 4.78 is 0. The van der Waals surface area contributed by atoms with Gasteiger partial charge < -0.3 is 10.0 Å². The number of aliphatic carboxylic acids is 1. The fraction of sp³-hybridized carbons (Fsp3) is 0.875. The van der Waals surface area contributed by atoms with Crippen molar-refractivity contribution < 1.29 is 14.7 Å². The second kappa shape index (κ2) is 9.77. The lowest BCUT2D eigenvalue weighted by Crippen LogP contribution is -2.47. The maximum atomic E-state index is 12.4. The van der Waals surface area contributed by atoms with Gasteiger partial charge in [-0.05, 0) is 38.6 Å². The van der Waals surface area contributed by atoms with Crippen LogP contribution in [0.3, 0.4) is 0 Å².